The minimum atomic E-state index is 0.701. The summed E-state index contributed by atoms with van der Waals surface area (Å²) in [5.41, 5.74) is 1.06. The van der Waals surface area contributed by atoms with Gasteiger partial charge in [0, 0.05) is 10.1 Å². The molecule has 0 saturated heterocycles. The van der Waals surface area contributed by atoms with E-state index in [1.807, 2.05) is 18.2 Å². The molecule has 82 valence electrons. The molecular weight excluding hydrogens is 319 g/mol. The molecule has 15 heavy (non-hydrogen) atoms. The molecule has 0 atom stereocenters. The number of anilines is 1. The van der Waals surface area contributed by atoms with Crippen LogP contribution in [0, 0.1) is 3.57 Å². The van der Waals surface area contributed by atoms with Crippen LogP contribution in [-0.2, 0) is 0 Å². The molecular formula is C11H15IN2S. The van der Waals surface area contributed by atoms with Gasteiger partial charge in [0.25, 0.3) is 0 Å². The average Bonchev–Trinajstić information content (AvgIpc) is 2.22. The smallest absolute Gasteiger partial charge is 0.170 e. The lowest BCUT2D eigenvalue weighted by molar-refractivity contribution is 0.758. The Kier molecular flexibility index (Phi) is 5.93. The Morgan fingerprint density at radius 3 is 2.80 bits per heavy atom. The highest BCUT2D eigenvalue weighted by molar-refractivity contribution is 14.1. The molecule has 1 aromatic carbocycles. The van der Waals surface area contributed by atoms with Crippen LogP contribution >= 0.6 is 34.8 Å². The first-order valence-electron chi connectivity index (χ1n) is 5.03. The molecule has 0 fully saturated rings. The molecule has 1 aromatic rings. The second-order valence-corrected chi connectivity index (χ2v) is 4.78. The van der Waals surface area contributed by atoms with Gasteiger partial charge in [-0.2, -0.15) is 0 Å². The Balaban J connectivity index is 2.41. The van der Waals surface area contributed by atoms with E-state index in [0.29, 0.717) is 5.11 Å². The Morgan fingerprint density at radius 1 is 1.40 bits per heavy atom. The maximum Gasteiger partial charge on any atom is 0.170 e. The van der Waals surface area contributed by atoms with Crippen LogP contribution in [0.15, 0.2) is 24.3 Å². The number of hydrogen-bond donors (Lipinski definition) is 2. The van der Waals surface area contributed by atoms with Gasteiger partial charge in [-0.3, -0.25) is 0 Å². The number of benzene rings is 1. The van der Waals surface area contributed by atoms with E-state index in [4.69, 9.17) is 12.2 Å². The molecule has 0 spiro atoms. The highest BCUT2D eigenvalue weighted by Gasteiger charge is 1.99. The Morgan fingerprint density at radius 2 is 2.13 bits per heavy atom. The monoisotopic (exact) mass is 334 g/mol. The molecule has 0 aliphatic heterocycles. The summed E-state index contributed by atoms with van der Waals surface area (Å²) in [6.07, 6.45) is 2.33. The molecule has 0 aliphatic carbocycles. The van der Waals surface area contributed by atoms with Crippen molar-refractivity contribution in [1.82, 2.24) is 5.32 Å². The van der Waals surface area contributed by atoms with Crippen LogP contribution in [0.3, 0.4) is 0 Å². The van der Waals surface area contributed by atoms with Crippen LogP contribution in [0.2, 0.25) is 0 Å². The van der Waals surface area contributed by atoms with Crippen LogP contribution in [-0.4, -0.2) is 11.7 Å². The SMILES string of the molecule is CCCCNC(=S)Nc1ccccc1I. The highest BCUT2D eigenvalue weighted by Crippen LogP contribution is 2.16. The Labute approximate surface area is 110 Å². The van der Waals surface area contributed by atoms with Crippen molar-refractivity contribution in [3.8, 4) is 0 Å². The zero-order valence-corrected chi connectivity index (χ0v) is 11.7. The molecule has 0 saturated carbocycles. The fourth-order valence-corrected chi connectivity index (χ4v) is 1.84. The molecule has 0 radical (unpaired) electrons. The van der Waals surface area contributed by atoms with Crippen molar-refractivity contribution in [3.05, 3.63) is 27.8 Å². The zero-order valence-electron chi connectivity index (χ0n) is 8.72. The third-order valence-electron chi connectivity index (χ3n) is 1.94. The quantitative estimate of drug-likeness (QED) is 0.502. The minimum Gasteiger partial charge on any atom is -0.362 e. The van der Waals surface area contributed by atoms with Crippen LogP contribution in [0.25, 0.3) is 0 Å². The van der Waals surface area contributed by atoms with E-state index in [9.17, 15) is 0 Å². The van der Waals surface area contributed by atoms with E-state index >= 15 is 0 Å². The summed E-state index contributed by atoms with van der Waals surface area (Å²) in [5.74, 6) is 0. The van der Waals surface area contributed by atoms with Crippen LogP contribution in [0.1, 0.15) is 19.8 Å². The van der Waals surface area contributed by atoms with Crippen molar-refractivity contribution in [3.63, 3.8) is 0 Å². The van der Waals surface area contributed by atoms with Gasteiger partial charge in [-0.05, 0) is 53.4 Å². The summed E-state index contributed by atoms with van der Waals surface area (Å²) < 4.78 is 1.18. The van der Waals surface area contributed by atoms with Crippen molar-refractivity contribution in [2.45, 2.75) is 19.8 Å². The number of para-hydroxylation sites is 1. The number of rotatable bonds is 4. The van der Waals surface area contributed by atoms with E-state index < -0.39 is 0 Å². The molecule has 0 heterocycles. The molecule has 0 unspecified atom stereocenters. The normalized spacial score (nSPS) is 9.73. The third-order valence-corrected chi connectivity index (χ3v) is 3.13. The molecule has 0 aliphatic rings. The van der Waals surface area contributed by atoms with Gasteiger partial charge in [-0.25, -0.2) is 0 Å². The standard InChI is InChI=1S/C11H15IN2S/c1-2-3-8-13-11(15)14-10-7-5-4-6-9(10)12/h4-7H,2-3,8H2,1H3,(H2,13,14,15). The molecule has 2 nitrogen and oxygen atoms in total. The van der Waals surface area contributed by atoms with Crippen LogP contribution in [0.4, 0.5) is 5.69 Å². The Hall–Kier alpha value is -0.360. The summed E-state index contributed by atoms with van der Waals surface area (Å²) in [6, 6.07) is 8.09. The second-order valence-electron chi connectivity index (χ2n) is 3.21. The predicted octanol–water partition coefficient (Wildman–Crippen LogP) is 3.38. The summed E-state index contributed by atoms with van der Waals surface area (Å²) >= 11 is 7.47. The van der Waals surface area contributed by atoms with Gasteiger partial charge in [-0.1, -0.05) is 25.5 Å². The lowest BCUT2D eigenvalue weighted by atomic mass is 10.3. The van der Waals surface area contributed by atoms with Crippen molar-refractivity contribution in [2.75, 3.05) is 11.9 Å². The summed E-state index contributed by atoms with van der Waals surface area (Å²) in [5, 5.41) is 7.06. The first kappa shape index (κ1) is 12.7. The first-order valence-corrected chi connectivity index (χ1v) is 6.52. The van der Waals surface area contributed by atoms with Crippen LogP contribution < -0.4 is 10.6 Å². The lowest BCUT2D eigenvalue weighted by Crippen LogP contribution is -2.29. The summed E-state index contributed by atoms with van der Waals surface area (Å²) in [6.45, 7) is 3.10. The van der Waals surface area contributed by atoms with Gasteiger partial charge < -0.3 is 10.6 Å². The van der Waals surface area contributed by atoms with E-state index in [0.717, 1.165) is 18.7 Å². The van der Waals surface area contributed by atoms with Gasteiger partial charge in [0.2, 0.25) is 0 Å². The number of thiocarbonyl (C=S) groups is 1. The minimum absolute atomic E-state index is 0.701. The van der Waals surface area contributed by atoms with E-state index in [1.54, 1.807) is 0 Å². The van der Waals surface area contributed by atoms with Crippen molar-refractivity contribution in [2.24, 2.45) is 0 Å². The average molecular weight is 334 g/mol. The topological polar surface area (TPSA) is 24.1 Å². The largest absolute Gasteiger partial charge is 0.362 e. The lowest BCUT2D eigenvalue weighted by Gasteiger charge is -2.11. The van der Waals surface area contributed by atoms with Crippen molar-refractivity contribution >= 4 is 45.6 Å². The van der Waals surface area contributed by atoms with Gasteiger partial charge >= 0.3 is 0 Å². The molecule has 2 N–H and O–H groups in total. The maximum atomic E-state index is 5.18. The molecule has 1 rings (SSSR count). The second kappa shape index (κ2) is 7.00. The number of halogens is 1. The van der Waals surface area contributed by atoms with Crippen molar-refractivity contribution < 1.29 is 0 Å². The summed E-state index contributed by atoms with van der Waals surface area (Å²) in [4.78, 5) is 0. The fourth-order valence-electron chi connectivity index (χ4n) is 1.11. The number of hydrogen-bond acceptors (Lipinski definition) is 1. The molecule has 0 aromatic heterocycles. The first-order chi connectivity index (χ1) is 7.24. The number of nitrogens with one attached hydrogen (secondary N) is 2. The van der Waals surface area contributed by atoms with Gasteiger partial charge in [0.05, 0.1) is 5.69 Å². The Bertz CT molecular complexity index is 328. The summed E-state index contributed by atoms with van der Waals surface area (Å²) in [7, 11) is 0. The third kappa shape index (κ3) is 4.79. The molecule has 0 bridgehead atoms. The van der Waals surface area contributed by atoms with E-state index in [1.165, 1.54) is 9.99 Å². The number of unbranched alkanes of at least 4 members (excludes halogenated alkanes) is 1. The molecule has 0 amide bonds. The van der Waals surface area contributed by atoms with Gasteiger partial charge in [-0.15, -0.1) is 0 Å². The van der Waals surface area contributed by atoms with Crippen molar-refractivity contribution in [1.29, 1.82) is 0 Å². The maximum absolute atomic E-state index is 5.18. The van der Waals surface area contributed by atoms with E-state index in [2.05, 4.69) is 46.2 Å². The van der Waals surface area contributed by atoms with Crippen LogP contribution in [0.5, 0.6) is 0 Å². The van der Waals surface area contributed by atoms with Gasteiger partial charge in [0.1, 0.15) is 0 Å². The molecule has 4 heteroatoms. The predicted molar refractivity (Wildman–Crippen MR) is 78.3 cm³/mol. The highest BCUT2D eigenvalue weighted by atomic mass is 127. The fraction of sp³-hybridized carbons (Fsp3) is 0.364. The zero-order chi connectivity index (χ0) is 11.1. The van der Waals surface area contributed by atoms with Gasteiger partial charge in [0.15, 0.2) is 5.11 Å². The van der Waals surface area contributed by atoms with E-state index in [-0.39, 0.29) is 0 Å².